The van der Waals surface area contributed by atoms with E-state index in [4.69, 9.17) is 0 Å². The predicted molar refractivity (Wildman–Crippen MR) is 122 cm³/mol. The fourth-order valence-corrected chi connectivity index (χ4v) is 4.49. The van der Waals surface area contributed by atoms with Gasteiger partial charge in [0.05, 0.1) is 11.0 Å². The van der Waals surface area contributed by atoms with Crippen LogP contribution >= 0.6 is 0 Å². The number of non-ortho nitro benzene ring substituents is 1. The molecular formula is C25H25N3O3. The Morgan fingerprint density at radius 1 is 1.00 bits per heavy atom. The number of fused-ring (bicyclic) bond motifs is 1. The van der Waals surface area contributed by atoms with Gasteiger partial charge in [0.1, 0.15) is 0 Å². The Balaban J connectivity index is 1.74. The van der Waals surface area contributed by atoms with Crippen molar-refractivity contribution in [2.45, 2.75) is 32.4 Å². The molecule has 4 rings (SSSR count). The molecule has 0 saturated heterocycles. The third-order valence-corrected chi connectivity index (χ3v) is 6.05. The highest BCUT2D eigenvalue weighted by Gasteiger charge is 2.40. The van der Waals surface area contributed by atoms with Crippen LogP contribution < -0.4 is 10.2 Å². The number of nitro benzene ring substituents is 1. The molecule has 0 spiro atoms. The molecule has 3 atom stereocenters. The Bertz CT molecular complexity index is 1080. The molecule has 3 aromatic carbocycles. The van der Waals surface area contributed by atoms with Crippen LogP contribution in [0.2, 0.25) is 0 Å². The second kappa shape index (κ2) is 8.60. The van der Waals surface area contributed by atoms with Crippen LogP contribution in [-0.4, -0.2) is 16.9 Å². The van der Waals surface area contributed by atoms with Crippen LogP contribution in [0.15, 0.2) is 78.9 Å². The summed E-state index contributed by atoms with van der Waals surface area (Å²) in [6.07, 6.45) is 0.793. The first-order chi connectivity index (χ1) is 15.0. The molecule has 0 fully saturated rings. The van der Waals surface area contributed by atoms with Gasteiger partial charge in [-0.3, -0.25) is 14.9 Å². The monoisotopic (exact) mass is 415 g/mol. The van der Waals surface area contributed by atoms with Gasteiger partial charge in [0, 0.05) is 41.0 Å². The number of hydrogen-bond acceptors (Lipinski definition) is 4. The lowest BCUT2D eigenvalue weighted by Crippen LogP contribution is -2.50. The molecule has 6 heteroatoms. The first-order valence-corrected chi connectivity index (χ1v) is 10.5. The van der Waals surface area contributed by atoms with E-state index in [1.165, 1.54) is 24.3 Å². The highest BCUT2D eigenvalue weighted by molar-refractivity contribution is 6.07. The lowest BCUT2D eigenvalue weighted by Gasteiger charge is -2.45. The summed E-state index contributed by atoms with van der Waals surface area (Å²) in [7, 11) is 0. The molecule has 0 aliphatic carbocycles. The van der Waals surface area contributed by atoms with Crippen LogP contribution in [0.5, 0.6) is 0 Å². The van der Waals surface area contributed by atoms with Gasteiger partial charge in [0.2, 0.25) is 0 Å². The van der Waals surface area contributed by atoms with E-state index in [2.05, 4.69) is 25.2 Å². The first-order valence-electron chi connectivity index (χ1n) is 10.5. The summed E-state index contributed by atoms with van der Waals surface area (Å²) < 4.78 is 0. The number of amides is 1. The smallest absolute Gasteiger partial charge is 0.269 e. The van der Waals surface area contributed by atoms with Crippen molar-refractivity contribution in [1.29, 1.82) is 0 Å². The van der Waals surface area contributed by atoms with Crippen molar-refractivity contribution in [2.24, 2.45) is 5.92 Å². The summed E-state index contributed by atoms with van der Waals surface area (Å²) in [5.74, 6) is 0.0151. The fraction of sp³-hybridized carbons (Fsp3) is 0.240. The SMILES string of the molecule is CC[C@@H]1[C@@H](C)[C@@H](Nc2ccccc2)c2ccccc2N1C(=O)c1ccc([N+](=O)[O-])cc1. The third kappa shape index (κ3) is 3.89. The third-order valence-electron chi connectivity index (χ3n) is 6.05. The second-order valence-electron chi connectivity index (χ2n) is 7.86. The molecule has 158 valence electrons. The zero-order chi connectivity index (χ0) is 22.0. The van der Waals surface area contributed by atoms with Crippen LogP contribution in [0.3, 0.4) is 0 Å². The van der Waals surface area contributed by atoms with E-state index in [9.17, 15) is 14.9 Å². The molecule has 31 heavy (non-hydrogen) atoms. The van der Waals surface area contributed by atoms with E-state index in [-0.39, 0.29) is 29.6 Å². The molecule has 3 aromatic rings. The maximum Gasteiger partial charge on any atom is 0.269 e. The van der Waals surface area contributed by atoms with Gasteiger partial charge in [-0.2, -0.15) is 0 Å². The average Bonchev–Trinajstić information content (AvgIpc) is 2.80. The van der Waals surface area contributed by atoms with Gasteiger partial charge in [-0.05, 0) is 42.3 Å². The van der Waals surface area contributed by atoms with Crippen molar-refractivity contribution in [2.75, 3.05) is 10.2 Å². The Kier molecular flexibility index (Phi) is 5.71. The summed E-state index contributed by atoms with van der Waals surface area (Å²) in [5.41, 5.74) is 3.41. The maximum atomic E-state index is 13.6. The molecule has 0 aromatic heterocycles. The summed E-state index contributed by atoms with van der Waals surface area (Å²) >= 11 is 0. The van der Waals surface area contributed by atoms with E-state index < -0.39 is 4.92 Å². The Labute approximate surface area is 181 Å². The highest BCUT2D eigenvalue weighted by atomic mass is 16.6. The van der Waals surface area contributed by atoms with Gasteiger partial charge in [0.15, 0.2) is 0 Å². The molecule has 1 heterocycles. The molecule has 0 saturated carbocycles. The number of carbonyl (C=O) groups excluding carboxylic acids is 1. The number of benzene rings is 3. The largest absolute Gasteiger partial charge is 0.378 e. The standard InChI is InChI=1S/C25H25N3O3/c1-3-22-17(2)24(26-19-9-5-4-6-10-19)21-11-7-8-12-23(21)27(22)25(29)18-13-15-20(16-14-18)28(30)31/h4-17,22,24,26H,3H2,1-2H3/t17-,22-,24-/m1/s1. The number of para-hydroxylation sites is 2. The van der Waals surface area contributed by atoms with E-state index in [1.54, 1.807) is 0 Å². The number of anilines is 2. The number of nitrogens with one attached hydrogen (secondary N) is 1. The van der Waals surface area contributed by atoms with E-state index in [1.807, 2.05) is 53.4 Å². The minimum atomic E-state index is -0.457. The molecule has 6 nitrogen and oxygen atoms in total. The Morgan fingerprint density at radius 3 is 2.29 bits per heavy atom. The van der Waals surface area contributed by atoms with Gasteiger partial charge in [0.25, 0.3) is 11.6 Å². The van der Waals surface area contributed by atoms with Gasteiger partial charge in [-0.25, -0.2) is 0 Å². The summed E-state index contributed by atoms with van der Waals surface area (Å²) in [4.78, 5) is 25.9. The van der Waals surface area contributed by atoms with Crippen molar-refractivity contribution >= 4 is 23.0 Å². The Hall–Kier alpha value is -3.67. The Morgan fingerprint density at radius 2 is 1.65 bits per heavy atom. The molecule has 0 unspecified atom stereocenters. The van der Waals surface area contributed by atoms with Gasteiger partial charge >= 0.3 is 0 Å². The van der Waals surface area contributed by atoms with Gasteiger partial charge in [-0.1, -0.05) is 50.2 Å². The molecule has 0 bridgehead atoms. The molecule has 0 radical (unpaired) electrons. The zero-order valence-corrected chi connectivity index (χ0v) is 17.6. The molecule has 1 N–H and O–H groups in total. The number of hydrogen-bond donors (Lipinski definition) is 1. The van der Waals surface area contributed by atoms with Gasteiger partial charge < -0.3 is 10.2 Å². The van der Waals surface area contributed by atoms with Gasteiger partial charge in [-0.15, -0.1) is 0 Å². The van der Waals surface area contributed by atoms with Crippen molar-refractivity contribution in [3.05, 3.63) is 100 Å². The zero-order valence-electron chi connectivity index (χ0n) is 17.6. The van der Waals surface area contributed by atoms with Crippen molar-refractivity contribution in [1.82, 2.24) is 0 Å². The maximum absolute atomic E-state index is 13.6. The van der Waals surface area contributed by atoms with Crippen LogP contribution in [0.4, 0.5) is 17.1 Å². The molecular weight excluding hydrogens is 390 g/mol. The lowest BCUT2D eigenvalue weighted by molar-refractivity contribution is -0.384. The summed E-state index contributed by atoms with van der Waals surface area (Å²) in [5, 5.41) is 14.6. The van der Waals surface area contributed by atoms with E-state index in [0.717, 1.165) is 23.4 Å². The molecule has 1 aliphatic rings. The van der Waals surface area contributed by atoms with Crippen LogP contribution in [0.1, 0.15) is 42.2 Å². The quantitative estimate of drug-likeness (QED) is 0.421. The van der Waals surface area contributed by atoms with Crippen molar-refractivity contribution in [3.8, 4) is 0 Å². The number of rotatable bonds is 5. The van der Waals surface area contributed by atoms with Crippen molar-refractivity contribution < 1.29 is 9.72 Å². The predicted octanol–water partition coefficient (Wildman–Crippen LogP) is 5.82. The van der Waals surface area contributed by atoms with Crippen molar-refractivity contribution in [3.63, 3.8) is 0 Å². The molecule has 1 amide bonds. The average molecular weight is 415 g/mol. The number of carbonyl (C=O) groups is 1. The minimum absolute atomic E-state index is 0.0150. The summed E-state index contributed by atoms with van der Waals surface area (Å²) in [6.45, 7) is 4.26. The van der Waals surface area contributed by atoms with E-state index in [0.29, 0.717) is 5.56 Å². The topological polar surface area (TPSA) is 75.5 Å². The lowest BCUT2D eigenvalue weighted by atomic mass is 9.80. The summed E-state index contributed by atoms with van der Waals surface area (Å²) in [6, 6.07) is 23.9. The van der Waals surface area contributed by atoms with Crippen LogP contribution in [-0.2, 0) is 0 Å². The minimum Gasteiger partial charge on any atom is -0.378 e. The number of nitrogens with zero attached hydrogens (tertiary/aromatic N) is 2. The van der Waals surface area contributed by atoms with E-state index >= 15 is 0 Å². The fourth-order valence-electron chi connectivity index (χ4n) is 4.49. The van der Waals surface area contributed by atoms with Crippen LogP contribution in [0.25, 0.3) is 0 Å². The number of nitro groups is 1. The normalized spacial score (nSPS) is 20.1. The van der Waals surface area contributed by atoms with Crippen LogP contribution in [0, 0.1) is 16.0 Å². The first kappa shape index (κ1) is 20.6. The second-order valence-corrected chi connectivity index (χ2v) is 7.86. The highest BCUT2D eigenvalue weighted by Crippen LogP contribution is 2.44. The molecule has 1 aliphatic heterocycles.